The number of rotatable bonds is 3. The lowest BCUT2D eigenvalue weighted by molar-refractivity contribution is 0.376. The number of aromatic nitrogens is 2. The summed E-state index contributed by atoms with van der Waals surface area (Å²) in [5, 5.41) is 0. The third-order valence-corrected chi connectivity index (χ3v) is 3.77. The molecule has 1 aliphatic rings. The third-order valence-electron chi connectivity index (χ3n) is 3.77. The van der Waals surface area contributed by atoms with Crippen molar-refractivity contribution in [1.82, 2.24) is 9.97 Å². The monoisotopic (exact) mass is 248 g/mol. The number of hydrogen-bond donors (Lipinski definition) is 1. The first kappa shape index (κ1) is 13.3. The van der Waals surface area contributed by atoms with E-state index in [0.717, 1.165) is 36.7 Å². The van der Waals surface area contributed by atoms with Gasteiger partial charge < -0.3 is 10.6 Å². The summed E-state index contributed by atoms with van der Waals surface area (Å²) in [6, 6.07) is 3.07. The quantitative estimate of drug-likeness (QED) is 0.891. The minimum Gasteiger partial charge on any atom is -0.354 e. The number of nitrogens with two attached hydrogens (primary N) is 1. The molecule has 0 aromatic carbocycles. The molecule has 2 N–H and O–H groups in total. The SMILES string of the molecule is CCN(c1cc(C)nc(C)n1)C1CCC(N)CC1. The van der Waals surface area contributed by atoms with Crippen LogP contribution in [0.4, 0.5) is 5.82 Å². The molecule has 0 saturated heterocycles. The molecule has 1 fully saturated rings. The van der Waals surface area contributed by atoms with Gasteiger partial charge in [-0.2, -0.15) is 0 Å². The van der Waals surface area contributed by atoms with Gasteiger partial charge in [-0.3, -0.25) is 0 Å². The van der Waals surface area contributed by atoms with Gasteiger partial charge in [0, 0.05) is 30.4 Å². The van der Waals surface area contributed by atoms with Crippen LogP contribution in [0.3, 0.4) is 0 Å². The van der Waals surface area contributed by atoms with Gasteiger partial charge in [-0.05, 0) is 46.5 Å². The lowest BCUT2D eigenvalue weighted by Crippen LogP contribution is -2.41. The van der Waals surface area contributed by atoms with E-state index in [-0.39, 0.29) is 0 Å². The number of hydrogen-bond acceptors (Lipinski definition) is 4. The van der Waals surface area contributed by atoms with Crippen molar-refractivity contribution in [3.8, 4) is 0 Å². The van der Waals surface area contributed by atoms with Crippen LogP contribution in [-0.2, 0) is 0 Å². The highest BCUT2D eigenvalue weighted by atomic mass is 15.2. The first-order valence-corrected chi connectivity index (χ1v) is 6.94. The van der Waals surface area contributed by atoms with Crippen molar-refractivity contribution >= 4 is 5.82 Å². The third kappa shape index (κ3) is 2.99. The van der Waals surface area contributed by atoms with E-state index in [9.17, 15) is 0 Å². The van der Waals surface area contributed by atoms with E-state index in [2.05, 4.69) is 27.9 Å². The average Bonchev–Trinajstić information content (AvgIpc) is 2.31. The Labute approximate surface area is 110 Å². The van der Waals surface area contributed by atoms with Gasteiger partial charge in [0.1, 0.15) is 11.6 Å². The summed E-state index contributed by atoms with van der Waals surface area (Å²) in [5.41, 5.74) is 7.03. The molecule has 0 amide bonds. The van der Waals surface area contributed by atoms with Gasteiger partial charge >= 0.3 is 0 Å². The molecular formula is C14H24N4. The summed E-state index contributed by atoms with van der Waals surface area (Å²) in [6.45, 7) is 7.18. The van der Waals surface area contributed by atoms with E-state index in [1.807, 2.05) is 13.8 Å². The summed E-state index contributed by atoms with van der Waals surface area (Å²) >= 11 is 0. The van der Waals surface area contributed by atoms with Crippen molar-refractivity contribution in [2.75, 3.05) is 11.4 Å². The summed E-state index contributed by atoms with van der Waals surface area (Å²) in [5.74, 6) is 1.93. The second kappa shape index (κ2) is 5.65. The molecule has 4 nitrogen and oxygen atoms in total. The van der Waals surface area contributed by atoms with E-state index in [4.69, 9.17) is 5.73 Å². The Kier molecular flexibility index (Phi) is 4.17. The van der Waals surface area contributed by atoms with Crippen molar-refractivity contribution in [3.05, 3.63) is 17.6 Å². The predicted molar refractivity (Wildman–Crippen MR) is 74.8 cm³/mol. The molecule has 4 heteroatoms. The van der Waals surface area contributed by atoms with Gasteiger partial charge in [0.15, 0.2) is 0 Å². The van der Waals surface area contributed by atoms with Crippen LogP contribution in [0.1, 0.15) is 44.1 Å². The largest absolute Gasteiger partial charge is 0.354 e. The maximum absolute atomic E-state index is 5.98. The molecule has 0 bridgehead atoms. The maximum Gasteiger partial charge on any atom is 0.132 e. The molecule has 1 heterocycles. The van der Waals surface area contributed by atoms with Crippen molar-refractivity contribution in [3.63, 3.8) is 0 Å². The minimum absolute atomic E-state index is 0.397. The lowest BCUT2D eigenvalue weighted by atomic mass is 9.90. The zero-order valence-corrected chi connectivity index (χ0v) is 11.7. The molecule has 0 atom stereocenters. The molecule has 18 heavy (non-hydrogen) atoms. The Hall–Kier alpha value is -1.16. The first-order valence-electron chi connectivity index (χ1n) is 6.94. The standard InChI is InChI=1S/C14H24N4/c1-4-18(13-7-5-12(15)6-8-13)14-9-10(2)16-11(3)17-14/h9,12-13H,4-8,15H2,1-3H3. The fraction of sp³-hybridized carbons (Fsp3) is 0.714. The predicted octanol–water partition coefficient (Wildman–Crippen LogP) is 2.19. The highest BCUT2D eigenvalue weighted by molar-refractivity contribution is 5.41. The summed E-state index contributed by atoms with van der Waals surface area (Å²) in [4.78, 5) is 11.3. The van der Waals surface area contributed by atoms with Crippen LogP contribution < -0.4 is 10.6 Å². The van der Waals surface area contributed by atoms with E-state index in [0.29, 0.717) is 12.1 Å². The van der Waals surface area contributed by atoms with Crippen molar-refractivity contribution < 1.29 is 0 Å². The molecule has 2 rings (SSSR count). The summed E-state index contributed by atoms with van der Waals surface area (Å²) in [7, 11) is 0. The highest BCUT2D eigenvalue weighted by Crippen LogP contribution is 2.26. The van der Waals surface area contributed by atoms with E-state index >= 15 is 0 Å². The zero-order valence-electron chi connectivity index (χ0n) is 11.7. The summed E-state index contributed by atoms with van der Waals surface area (Å²) < 4.78 is 0. The molecule has 1 aliphatic carbocycles. The molecule has 0 radical (unpaired) electrons. The Morgan fingerprint density at radius 1 is 1.22 bits per heavy atom. The molecular weight excluding hydrogens is 224 g/mol. The Morgan fingerprint density at radius 2 is 1.89 bits per heavy atom. The smallest absolute Gasteiger partial charge is 0.132 e. The van der Waals surface area contributed by atoms with E-state index in [1.165, 1.54) is 12.8 Å². The van der Waals surface area contributed by atoms with Crippen LogP contribution in [0.15, 0.2) is 6.07 Å². The zero-order chi connectivity index (χ0) is 13.1. The van der Waals surface area contributed by atoms with Gasteiger partial charge in [-0.15, -0.1) is 0 Å². The van der Waals surface area contributed by atoms with Crippen molar-refractivity contribution in [2.45, 2.75) is 58.5 Å². The van der Waals surface area contributed by atoms with E-state index in [1.54, 1.807) is 0 Å². The number of anilines is 1. The van der Waals surface area contributed by atoms with Crippen LogP contribution >= 0.6 is 0 Å². The van der Waals surface area contributed by atoms with Crippen LogP contribution in [0.2, 0.25) is 0 Å². The number of aryl methyl sites for hydroxylation is 2. The van der Waals surface area contributed by atoms with Crippen LogP contribution in [0.5, 0.6) is 0 Å². The Balaban J connectivity index is 2.17. The van der Waals surface area contributed by atoms with E-state index < -0.39 is 0 Å². The molecule has 1 aromatic rings. The minimum atomic E-state index is 0.397. The van der Waals surface area contributed by atoms with Crippen LogP contribution in [0, 0.1) is 13.8 Å². The molecule has 0 unspecified atom stereocenters. The molecule has 1 saturated carbocycles. The van der Waals surface area contributed by atoms with Crippen LogP contribution in [0.25, 0.3) is 0 Å². The van der Waals surface area contributed by atoms with Crippen molar-refractivity contribution in [2.24, 2.45) is 5.73 Å². The lowest BCUT2D eigenvalue weighted by Gasteiger charge is -2.36. The fourth-order valence-corrected chi connectivity index (χ4v) is 2.87. The normalized spacial score (nSPS) is 24.0. The highest BCUT2D eigenvalue weighted by Gasteiger charge is 2.24. The molecule has 0 aliphatic heterocycles. The fourth-order valence-electron chi connectivity index (χ4n) is 2.87. The molecule has 0 spiro atoms. The topological polar surface area (TPSA) is 55.0 Å². The Morgan fingerprint density at radius 3 is 2.44 bits per heavy atom. The van der Waals surface area contributed by atoms with Gasteiger partial charge in [-0.1, -0.05) is 0 Å². The van der Waals surface area contributed by atoms with Gasteiger partial charge in [0.2, 0.25) is 0 Å². The number of nitrogens with zero attached hydrogens (tertiary/aromatic N) is 3. The first-order chi connectivity index (χ1) is 8.60. The van der Waals surface area contributed by atoms with Gasteiger partial charge in [-0.25, -0.2) is 9.97 Å². The van der Waals surface area contributed by atoms with Crippen LogP contribution in [-0.4, -0.2) is 28.6 Å². The molecule has 100 valence electrons. The van der Waals surface area contributed by atoms with Gasteiger partial charge in [0.05, 0.1) is 0 Å². The van der Waals surface area contributed by atoms with Gasteiger partial charge in [0.25, 0.3) is 0 Å². The average molecular weight is 248 g/mol. The molecule has 1 aromatic heterocycles. The second-order valence-corrected chi connectivity index (χ2v) is 5.27. The second-order valence-electron chi connectivity index (χ2n) is 5.27. The Bertz CT molecular complexity index is 377. The van der Waals surface area contributed by atoms with Crippen molar-refractivity contribution in [1.29, 1.82) is 0 Å². The maximum atomic E-state index is 5.98. The summed E-state index contributed by atoms with van der Waals surface area (Å²) in [6.07, 6.45) is 4.61.